The van der Waals surface area contributed by atoms with Crippen molar-refractivity contribution in [1.29, 1.82) is 0 Å². The van der Waals surface area contributed by atoms with Crippen molar-refractivity contribution in [2.24, 2.45) is 5.10 Å². The van der Waals surface area contributed by atoms with E-state index in [9.17, 15) is 4.79 Å². The summed E-state index contributed by atoms with van der Waals surface area (Å²) in [6.07, 6.45) is 0. The predicted octanol–water partition coefficient (Wildman–Crippen LogP) is 2.69. The number of rotatable bonds is 5. The van der Waals surface area contributed by atoms with Crippen molar-refractivity contribution in [2.75, 3.05) is 19.8 Å². The number of hydrogen-bond acceptors (Lipinski definition) is 5. The number of nitrogens with zero attached hydrogens (tertiary/aromatic N) is 1. The van der Waals surface area contributed by atoms with Gasteiger partial charge < -0.3 is 14.2 Å². The van der Waals surface area contributed by atoms with Crippen LogP contribution in [0.25, 0.3) is 0 Å². The van der Waals surface area contributed by atoms with E-state index < -0.39 is 0 Å². The summed E-state index contributed by atoms with van der Waals surface area (Å²) in [7, 11) is 0. The maximum Gasteiger partial charge on any atom is 0.277 e. The van der Waals surface area contributed by atoms with Crippen LogP contribution in [-0.2, 0) is 4.79 Å². The van der Waals surface area contributed by atoms with Crippen LogP contribution < -0.4 is 19.6 Å². The van der Waals surface area contributed by atoms with Crippen molar-refractivity contribution in [1.82, 2.24) is 5.43 Å². The number of nitrogens with one attached hydrogen (secondary N) is 1. The highest BCUT2D eigenvalue weighted by atomic mass is 16.6. The van der Waals surface area contributed by atoms with Crippen LogP contribution >= 0.6 is 0 Å². The summed E-state index contributed by atoms with van der Waals surface area (Å²) in [5, 5.41) is 4.12. The maximum absolute atomic E-state index is 11.9. The zero-order valence-corrected chi connectivity index (χ0v) is 14.2. The lowest BCUT2D eigenvalue weighted by Crippen LogP contribution is -2.25. The van der Waals surface area contributed by atoms with Gasteiger partial charge in [-0.1, -0.05) is 18.2 Å². The van der Waals surface area contributed by atoms with Gasteiger partial charge in [0.1, 0.15) is 19.0 Å². The van der Waals surface area contributed by atoms with Gasteiger partial charge in [-0.3, -0.25) is 4.79 Å². The molecule has 1 aliphatic rings. The summed E-state index contributed by atoms with van der Waals surface area (Å²) in [6, 6.07) is 13.1. The van der Waals surface area contributed by atoms with Gasteiger partial charge in [-0.25, -0.2) is 5.43 Å². The van der Waals surface area contributed by atoms with E-state index in [1.807, 2.05) is 56.3 Å². The highest BCUT2D eigenvalue weighted by molar-refractivity contribution is 5.99. The first-order chi connectivity index (χ1) is 12.1. The second-order valence-corrected chi connectivity index (χ2v) is 5.64. The number of carbonyl (C=O) groups is 1. The van der Waals surface area contributed by atoms with E-state index >= 15 is 0 Å². The van der Waals surface area contributed by atoms with Crippen molar-refractivity contribution in [2.45, 2.75) is 13.8 Å². The van der Waals surface area contributed by atoms with Crippen LogP contribution in [0.3, 0.4) is 0 Å². The first kappa shape index (κ1) is 16.8. The quantitative estimate of drug-likeness (QED) is 0.671. The summed E-state index contributed by atoms with van der Waals surface area (Å²) in [5.41, 5.74) is 5.00. The van der Waals surface area contributed by atoms with Crippen molar-refractivity contribution in [3.05, 3.63) is 53.6 Å². The molecule has 1 amide bonds. The minimum atomic E-state index is -0.319. The molecule has 1 N–H and O–H groups in total. The molecule has 0 spiro atoms. The molecular formula is C19H20N2O4. The van der Waals surface area contributed by atoms with E-state index in [0.717, 1.165) is 16.9 Å². The van der Waals surface area contributed by atoms with Crippen LogP contribution in [0.2, 0.25) is 0 Å². The summed E-state index contributed by atoms with van der Waals surface area (Å²) >= 11 is 0. The molecule has 6 heteroatoms. The SMILES string of the molecule is C/C(=N/NC(=O)COc1ccccc1C)c1ccc2c(c1)OCCO2. The van der Waals surface area contributed by atoms with Gasteiger partial charge in [-0.05, 0) is 43.7 Å². The molecular weight excluding hydrogens is 320 g/mol. The average molecular weight is 340 g/mol. The Bertz CT molecular complexity index is 802. The summed E-state index contributed by atoms with van der Waals surface area (Å²) in [4.78, 5) is 11.9. The van der Waals surface area contributed by atoms with E-state index in [4.69, 9.17) is 14.2 Å². The molecule has 3 rings (SSSR count). The average Bonchev–Trinajstić information content (AvgIpc) is 2.65. The third-order valence-electron chi connectivity index (χ3n) is 3.76. The topological polar surface area (TPSA) is 69.2 Å². The molecule has 0 fully saturated rings. The largest absolute Gasteiger partial charge is 0.486 e. The molecule has 0 saturated heterocycles. The van der Waals surface area contributed by atoms with E-state index in [1.54, 1.807) is 0 Å². The van der Waals surface area contributed by atoms with Crippen molar-refractivity contribution >= 4 is 11.6 Å². The Morgan fingerprint density at radius 2 is 1.92 bits per heavy atom. The molecule has 1 aliphatic heterocycles. The van der Waals surface area contributed by atoms with E-state index in [1.165, 1.54) is 0 Å². The molecule has 0 aliphatic carbocycles. The second-order valence-electron chi connectivity index (χ2n) is 5.64. The van der Waals surface area contributed by atoms with Crippen molar-refractivity contribution < 1.29 is 19.0 Å². The number of hydrazone groups is 1. The Balaban J connectivity index is 1.57. The predicted molar refractivity (Wildman–Crippen MR) is 94.5 cm³/mol. The van der Waals surface area contributed by atoms with Crippen LogP contribution in [-0.4, -0.2) is 31.4 Å². The number of para-hydroxylation sites is 1. The number of ether oxygens (including phenoxy) is 3. The Hall–Kier alpha value is -3.02. The highest BCUT2D eigenvalue weighted by Gasteiger charge is 2.12. The first-order valence-electron chi connectivity index (χ1n) is 8.05. The molecule has 0 atom stereocenters. The normalized spacial score (nSPS) is 13.3. The fourth-order valence-electron chi connectivity index (χ4n) is 2.37. The van der Waals surface area contributed by atoms with Gasteiger partial charge >= 0.3 is 0 Å². The number of hydrogen-bond donors (Lipinski definition) is 1. The molecule has 25 heavy (non-hydrogen) atoms. The molecule has 6 nitrogen and oxygen atoms in total. The van der Waals surface area contributed by atoms with Gasteiger partial charge in [-0.15, -0.1) is 0 Å². The fraction of sp³-hybridized carbons (Fsp3) is 0.263. The Morgan fingerprint density at radius 1 is 1.16 bits per heavy atom. The summed E-state index contributed by atoms with van der Waals surface area (Å²) in [6.45, 7) is 4.73. The zero-order valence-electron chi connectivity index (χ0n) is 14.2. The number of carbonyl (C=O) groups excluding carboxylic acids is 1. The van der Waals surface area contributed by atoms with Crippen LogP contribution in [0.15, 0.2) is 47.6 Å². The van der Waals surface area contributed by atoms with E-state index in [0.29, 0.717) is 30.4 Å². The fourth-order valence-corrected chi connectivity index (χ4v) is 2.37. The Morgan fingerprint density at radius 3 is 2.72 bits per heavy atom. The number of benzene rings is 2. The van der Waals surface area contributed by atoms with Crippen molar-refractivity contribution in [3.63, 3.8) is 0 Å². The van der Waals surface area contributed by atoms with Gasteiger partial charge in [0, 0.05) is 5.56 Å². The molecule has 1 heterocycles. The lowest BCUT2D eigenvalue weighted by molar-refractivity contribution is -0.123. The minimum absolute atomic E-state index is 0.0945. The standard InChI is InChI=1S/C19H20N2O4/c1-13-5-3-4-6-16(13)25-12-19(22)21-20-14(2)15-7-8-17-18(11-15)24-10-9-23-17/h3-8,11H,9-10,12H2,1-2H3,(H,21,22)/b20-14-. The Labute approximate surface area is 146 Å². The number of aryl methyl sites for hydroxylation is 1. The van der Waals surface area contributed by atoms with Crippen LogP contribution in [0.1, 0.15) is 18.1 Å². The van der Waals surface area contributed by atoms with Crippen molar-refractivity contribution in [3.8, 4) is 17.2 Å². The van der Waals surface area contributed by atoms with E-state index in [2.05, 4.69) is 10.5 Å². The molecule has 0 radical (unpaired) electrons. The zero-order chi connectivity index (χ0) is 17.6. The third kappa shape index (κ3) is 4.29. The third-order valence-corrected chi connectivity index (χ3v) is 3.76. The smallest absolute Gasteiger partial charge is 0.277 e. The van der Waals surface area contributed by atoms with Gasteiger partial charge in [0.25, 0.3) is 5.91 Å². The lowest BCUT2D eigenvalue weighted by atomic mass is 10.1. The summed E-state index contributed by atoms with van der Waals surface area (Å²) < 4.78 is 16.5. The van der Waals surface area contributed by atoms with Gasteiger partial charge in [0.15, 0.2) is 18.1 Å². The maximum atomic E-state index is 11.9. The lowest BCUT2D eigenvalue weighted by Gasteiger charge is -2.18. The van der Waals surface area contributed by atoms with Gasteiger partial charge in [-0.2, -0.15) is 5.10 Å². The van der Waals surface area contributed by atoms with Gasteiger partial charge in [0.05, 0.1) is 5.71 Å². The minimum Gasteiger partial charge on any atom is -0.486 e. The molecule has 130 valence electrons. The first-order valence-corrected chi connectivity index (χ1v) is 8.05. The molecule has 0 saturated carbocycles. The van der Waals surface area contributed by atoms with E-state index in [-0.39, 0.29) is 12.5 Å². The van der Waals surface area contributed by atoms with Crippen LogP contribution in [0.4, 0.5) is 0 Å². The summed E-state index contributed by atoms with van der Waals surface area (Å²) in [5.74, 6) is 1.77. The van der Waals surface area contributed by atoms with Crippen LogP contribution in [0, 0.1) is 6.92 Å². The highest BCUT2D eigenvalue weighted by Crippen LogP contribution is 2.30. The Kier molecular flexibility index (Phi) is 5.18. The molecule has 2 aromatic rings. The van der Waals surface area contributed by atoms with Gasteiger partial charge in [0.2, 0.25) is 0 Å². The molecule has 0 unspecified atom stereocenters. The number of fused-ring (bicyclic) bond motifs is 1. The molecule has 0 bridgehead atoms. The molecule has 2 aromatic carbocycles. The second kappa shape index (κ2) is 7.70. The monoisotopic (exact) mass is 340 g/mol. The van der Waals surface area contributed by atoms with Crippen LogP contribution in [0.5, 0.6) is 17.2 Å². The molecule has 0 aromatic heterocycles. The number of amides is 1.